The highest BCUT2D eigenvalue weighted by atomic mass is 16.4. The van der Waals surface area contributed by atoms with Crippen LogP contribution in [0.4, 0.5) is 5.82 Å². The second kappa shape index (κ2) is 7.26. The molecule has 0 unspecified atom stereocenters. The molecule has 0 radical (unpaired) electrons. The van der Waals surface area contributed by atoms with Crippen LogP contribution in [-0.2, 0) is 30.6 Å². The van der Waals surface area contributed by atoms with Crippen LogP contribution < -0.4 is 5.32 Å². The Bertz CT molecular complexity index is 681. The zero-order valence-corrected chi connectivity index (χ0v) is 13.2. The Kier molecular flexibility index (Phi) is 4.90. The number of carbonyl (C=O) groups is 1. The lowest BCUT2D eigenvalue weighted by Crippen LogP contribution is -2.14. The fourth-order valence-corrected chi connectivity index (χ4v) is 2.83. The molecule has 23 heavy (non-hydrogen) atoms. The van der Waals surface area contributed by atoms with Crippen molar-refractivity contribution in [2.75, 3.05) is 11.9 Å². The quantitative estimate of drug-likeness (QED) is 0.819. The zero-order valence-electron chi connectivity index (χ0n) is 13.2. The number of pyridine rings is 1. The summed E-state index contributed by atoms with van der Waals surface area (Å²) in [5, 5.41) is 16.4. The van der Waals surface area contributed by atoms with Crippen LogP contribution in [0.25, 0.3) is 0 Å². The first-order valence-corrected chi connectivity index (χ1v) is 8.17. The smallest absolute Gasteiger partial charge is 0.305 e. The summed E-state index contributed by atoms with van der Waals surface area (Å²) in [4.78, 5) is 15.3. The predicted octanol–water partition coefficient (Wildman–Crippen LogP) is 2.29. The molecule has 6 nitrogen and oxygen atoms in total. The van der Waals surface area contributed by atoms with Crippen molar-refractivity contribution in [3.63, 3.8) is 0 Å². The lowest BCUT2D eigenvalue weighted by molar-refractivity contribution is -0.137. The molecule has 2 aromatic heterocycles. The van der Waals surface area contributed by atoms with Crippen molar-refractivity contribution in [1.29, 1.82) is 0 Å². The van der Waals surface area contributed by atoms with Gasteiger partial charge in [-0.3, -0.25) is 9.48 Å². The van der Waals surface area contributed by atoms with E-state index in [0.717, 1.165) is 49.4 Å². The minimum Gasteiger partial charge on any atom is -0.481 e. The Labute approximate surface area is 135 Å². The molecule has 0 spiro atoms. The second-order valence-electron chi connectivity index (χ2n) is 5.91. The van der Waals surface area contributed by atoms with Crippen molar-refractivity contribution in [2.45, 2.75) is 45.1 Å². The number of nitrogens with one attached hydrogen (secondary N) is 1. The molecule has 122 valence electrons. The molecule has 3 rings (SSSR count). The number of carboxylic acid groups (broad SMARTS) is 1. The van der Waals surface area contributed by atoms with Gasteiger partial charge in [0.15, 0.2) is 0 Å². The van der Waals surface area contributed by atoms with E-state index in [9.17, 15) is 4.79 Å². The van der Waals surface area contributed by atoms with Gasteiger partial charge >= 0.3 is 5.97 Å². The van der Waals surface area contributed by atoms with Crippen LogP contribution in [0.1, 0.15) is 36.2 Å². The van der Waals surface area contributed by atoms with E-state index in [1.807, 2.05) is 12.3 Å². The minimum absolute atomic E-state index is 0.104. The summed E-state index contributed by atoms with van der Waals surface area (Å²) < 4.78 is 1.70. The van der Waals surface area contributed by atoms with Gasteiger partial charge in [-0.2, -0.15) is 5.10 Å². The van der Waals surface area contributed by atoms with Gasteiger partial charge in [-0.15, -0.1) is 0 Å². The number of rotatable bonds is 7. The van der Waals surface area contributed by atoms with E-state index >= 15 is 0 Å². The molecule has 0 amide bonds. The number of aliphatic carboxylic acids is 1. The first-order valence-electron chi connectivity index (χ1n) is 8.17. The van der Waals surface area contributed by atoms with Gasteiger partial charge in [-0.05, 0) is 49.8 Å². The SMILES string of the molecule is O=C(O)CCn1ccc(CCCc2ccc3c(n2)NCCC3)n1. The van der Waals surface area contributed by atoms with Crippen LogP contribution in [0.3, 0.4) is 0 Å². The third-order valence-corrected chi connectivity index (χ3v) is 4.07. The number of hydrogen-bond donors (Lipinski definition) is 2. The van der Waals surface area contributed by atoms with E-state index in [1.54, 1.807) is 4.68 Å². The summed E-state index contributed by atoms with van der Waals surface area (Å²) in [6, 6.07) is 6.27. The fourth-order valence-electron chi connectivity index (χ4n) is 2.83. The number of carboxylic acids is 1. The summed E-state index contributed by atoms with van der Waals surface area (Å²) in [5.74, 6) is 0.251. The molecular formula is C17H22N4O2. The Hall–Kier alpha value is -2.37. The highest BCUT2D eigenvalue weighted by Crippen LogP contribution is 2.20. The largest absolute Gasteiger partial charge is 0.481 e. The number of hydrogen-bond acceptors (Lipinski definition) is 4. The van der Waals surface area contributed by atoms with Crippen molar-refractivity contribution >= 4 is 11.8 Å². The molecule has 0 atom stereocenters. The van der Waals surface area contributed by atoms with Gasteiger partial charge in [-0.25, -0.2) is 4.98 Å². The van der Waals surface area contributed by atoms with E-state index in [-0.39, 0.29) is 6.42 Å². The molecule has 3 heterocycles. The van der Waals surface area contributed by atoms with Gasteiger partial charge in [0.2, 0.25) is 0 Å². The summed E-state index contributed by atoms with van der Waals surface area (Å²) in [6.45, 7) is 1.44. The molecule has 2 N–H and O–H groups in total. The van der Waals surface area contributed by atoms with Crippen molar-refractivity contribution in [3.8, 4) is 0 Å². The maximum atomic E-state index is 10.6. The van der Waals surface area contributed by atoms with E-state index < -0.39 is 5.97 Å². The topological polar surface area (TPSA) is 80.0 Å². The Morgan fingerprint density at radius 1 is 1.26 bits per heavy atom. The number of anilines is 1. The average molecular weight is 314 g/mol. The normalized spacial score (nSPS) is 13.4. The van der Waals surface area contributed by atoms with Gasteiger partial charge in [0, 0.05) is 18.4 Å². The number of aryl methyl sites for hydroxylation is 4. The predicted molar refractivity (Wildman–Crippen MR) is 87.6 cm³/mol. The van der Waals surface area contributed by atoms with E-state index in [4.69, 9.17) is 10.1 Å². The molecule has 1 aliphatic heterocycles. The zero-order chi connectivity index (χ0) is 16.1. The monoisotopic (exact) mass is 314 g/mol. The maximum absolute atomic E-state index is 10.6. The highest BCUT2D eigenvalue weighted by molar-refractivity contribution is 5.66. The molecule has 0 aliphatic carbocycles. The molecule has 2 aromatic rings. The van der Waals surface area contributed by atoms with Gasteiger partial charge in [-0.1, -0.05) is 6.07 Å². The van der Waals surface area contributed by atoms with Gasteiger partial charge in [0.1, 0.15) is 5.82 Å². The van der Waals surface area contributed by atoms with E-state index in [0.29, 0.717) is 6.54 Å². The first-order chi connectivity index (χ1) is 11.2. The summed E-state index contributed by atoms with van der Waals surface area (Å²) in [7, 11) is 0. The number of fused-ring (bicyclic) bond motifs is 1. The van der Waals surface area contributed by atoms with Crippen LogP contribution >= 0.6 is 0 Å². The van der Waals surface area contributed by atoms with Gasteiger partial charge < -0.3 is 10.4 Å². The fraction of sp³-hybridized carbons (Fsp3) is 0.471. The molecular weight excluding hydrogens is 292 g/mol. The Morgan fingerprint density at radius 2 is 2.13 bits per heavy atom. The minimum atomic E-state index is -0.797. The lowest BCUT2D eigenvalue weighted by atomic mass is 10.1. The molecule has 6 heteroatoms. The average Bonchev–Trinajstić information content (AvgIpc) is 3.01. The van der Waals surface area contributed by atoms with Gasteiger partial charge in [0.05, 0.1) is 18.7 Å². The summed E-state index contributed by atoms with van der Waals surface area (Å²) in [6.07, 6.45) is 7.04. The highest BCUT2D eigenvalue weighted by Gasteiger charge is 2.10. The molecule has 0 saturated carbocycles. The van der Waals surface area contributed by atoms with E-state index in [2.05, 4.69) is 22.5 Å². The number of aromatic nitrogens is 3. The molecule has 1 aliphatic rings. The van der Waals surface area contributed by atoms with Crippen LogP contribution in [0.15, 0.2) is 24.4 Å². The van der Waals surface area contributed by atoms with Crippen LogP contribution in [-0.4, -0.2) is 32.4 Å². The molecule has 0 saturated heterocycles. The molecule has 0 bridgehead atoms. The lowest BCUT2D eigenvalue weighted by Gasteiger charge is -2.17. The second-order valence-corrected chi connectivity index (χ2v) is 5.91. The van der Waals surface area contributed by atoms with Crippen LogP contribution in [0.5, 0.6) is 0 Å². The van der Waals surface area contributed by atoms with Crippen molar-refractivity contribution in [1.82, 2.24) is 14.8 Å². The van der Waals surface area contributed by atoms with Crippen LogP contribution in [0, 0.1) is 0 Å². The molecule has 0 aromatic carbocycles. The Balaban J connectivity index is 1.48. The van der Waals surface area contributed by atoms with Crippen molar-refractivity contribution in [3.05, 3.63) is 41.3 Å². The first kappa shape index (κ1) is 15.5. The third kappa shape index (κ3) is 4.31. The van der Waals surface area contributed by atoms with Crippen molar-refractivity contribution in [2.24, 2.45) is 0 Å². The maximum Gasteiger partial charge on any atom is 0.305 e. The van der Waals surface area contributed by atoms with Crippen LogP contribution in [0.2, 0.25) is 0 Å². The Morgan fingerprint density at radius 3 is 3.00 bits per heavy atom. The third-order valence-electron chi connectivity index (χ3n) is 4.07. The summed E-state index contributed by atoms with van der Waals surface area (Å²) >= 11 is 0. The number of nitrogens with zero attached hydrogens (tertiary/aromatic N) is 3. The van der Waals surface area contributed by atoms with Crippen molar-refractivity contribution < 1.29 is 9.90 Å². The van der Waals surface area contributed by atoms with E-state index in [1.165, 1.54) is 12.0 Å². The standard InChI is InChI=1S/C17H22N4O2/c22-16(23)9-12-21-11-8-15(20-21)5-1-4-14-7-6-13-3-2-10-18-17(13)19-14/h6-8,11H,1-5,9-10,12H2,(H,18,19)(H,22,23). The van der Waals surface area contributed by atoms with Gasteiger partial charge in [0.25, 0.3) is 0 Å². The molecule has 0 fully saturated rings. The summed E-state index contributed by atoms with van der Waals surface area (Å²) in [5.41, 5.74) is 3.44.